The van der Waals surface area contributed by atoms with Crippen LogP contribution in [-0.2, 0) is 0 Å². The van der Waals surface area contributed by atoms with E-state index < -0.39 is 0 Å². The van der Waals surface area contributed by atoms with Crippen molar-refractivity contribution in [3.8, 4) is 5.69 Å². The first kappa shape index (κ1) is 14.9. The van der Waals surface area contributed by atoms with Gasteiger partial charge in [-0.2, -0.15) is 0 Å². The van der Waals surface area contributed by atoms with Crippen molar-refractivity contribution in [1.82, 2.24) is 19.8 Å². The monoisotopic (exact) mass is 320 g/mol. The van der Waals surface area contributed by atoms with Crippen LogP contribution in [-0.4, -0.2) is 46.0 Å². The zero-order valence-corrected chi connectivity index (χ0v) is 13.6. The van der Waals surface area contributed by atoms with Crippen LogP contribution in [0.4, 0.5) is 0 Å². The average molecular weight is 320 g/mol. The van der Waals surface area contributed by atoms with Crippen molar-refractivity contribution < 1.29 is 4.79 Å². The van der Waals surface area contributed by atoms with E-state index in [1.54, 1.807) is 0 Å². The number of imidazole rings is 1. The van der Waals surface area contributed by atoms with Crippen molar-refractivity contribution >= 4 is 16.9 Å². The molecule has 2 aromatic carbocycles. The number of aromatic nitrogens is 2. The molecule has 1 amide bonds. The van der Waals surface area contributed by atoms with Gasteiger partial charge in [0.05, 0.1) is 11.0 Å². The fourth-order valence-corrected chi connectivity index (χ4v) is 3.24. The predicted molar refractivity (Wildman–Crippen MR) is 94.4 cm³/mol. The number of benzene rings is 2. The Balaban J connectivity index is 1.62. The number of nitrogens with zero attached hydrogens (tertiary/aromatic N) is 3. The topological polar surface area (TPSA) is 50.2 Å². The van der Waals surface area contributed by atoms with Crippen LogP contribution in [0.5, 0.6) is 0 Å². The summed E-state index contributed by atoms with van der Waals surface area (Å²) >= 11 is 0. The van der Waals surface area contributed by atoms with Crippen molar-refractivity contribution in [2.75, 3.05) is 19.6 Å². The molecule has 1 aliphatic heterocycles. The van der Waals surface area contributed by atoms with Gasteiger partial charge in [-0.05, 0) is 43.3 Å². The van der Waals surface area contributed by atoms with Crippen molar-refractivity contribution in [1.29, 1.82) is 0 Å². The van der Waals surface area contributed by atoms with E-state index in [0.717, 1.165) is 41.9 Å². The molecular formula is C19H20N4O. The number of carbonyl (C=O) groups is 1. The molecule has 1 fully saturated rings. The Morgan fingerprint density at radius 2 is 1.96 bits per heavy atom. The van der Waals surface area contributed by atoms with Gasteiger partial charge in [-0.3, -0.25) is 9.36 Å². The molecule has 0 bridgehead atoms. The molecule has 1 aromatic heterocycles. The van der Waals surface area contributed by atoms with Gasteiger partial charge in [0.1, 0.15) is 6.33 Å². The summed E-state index contributed by atoms with van der Waals surface area (Å²) in [5.74, 6) is 0.103. The smallest absolute Gasteiger partial charge is 0.254 e. The molecule has 2 heterocycles. The summed E-state index contributed by atoms with van der Waals surface area (Å²) in [7, 11) is 0. The van der Waals surface area contributed by atoms with Crippen LogP contribution in [0.2, 0.25) is 0 Å². The molecule has 1 N–H and O–H groups in total. The van der Waals surface area contributed by atoms with Gasteiger partial charge in [-0.1, -0.05) is 12.1 Å². The van der Waals surface area contributed by atoms with Crippen molar-refractivity contribution in [3.05, 3.63) is 60.4 Å². The maximum Gasteiger partial charge on any atom is 0.254 e. The molecule has 1 atom stereocenters. The highest BCUT2D eigenvalue weighted by atomic mass is 16.2. The third kappa shape index (κ3) is 2.57. The number of amides is 1. The SMILES string of the molecule is C[C@H]1CNCCN1C(=O)c1ccc(-n2cnc3ccccc32)cc1. The van der Waals surface area contributed by atoms with E-state index in [-0.39, 0.29) is 11.9 Å². The van der Waals surface area contributed by atoms with Gasteiger partial charge >= 0.3 is 0 Å². The normalized spacial score (nSPS) is 18.0. The van der Waals surface area contributed by atoms with Crippen LogP contribution in [0.3, 0.4) is 0 Å². The minimum atomic E-state index is 0.103. The summed E-state index contributed by atoms with van der Waals surface area (Å²) < 4.78 is 2.04. The maximum atomic E-state index is 12.7. The van der Waals surface area contributed by atoms with Crippen LogP contribution < -0.4 is 5.32 Å². The lowest BCUT2D eigenvalue weighted by Crippen LogP contribution is -2.52. The largest absolute Gasteiger partial charge is 0.333 e. The second-order valence-electron chi connectivity index (χ2n) is 6.20. The van der Waals surface area contributed by atoms with Crippen LogP contribution >= 0.6 is 0 Å². The first-order valence-corrected chi connectivity index (χ1v) is 8.28. The van der Waals surface area contributed by atoms with E-state index in [2.05, 4.69) is 17.2 Å². The van der Waals surface area contributed by atoms with E-state index in [0.29, 0.717) is 0 Å². The summed E-state index contributed by atoms with van der Waals surface area (Å²) in [6, 6.07) is 16.0. The van der Waals surface area contributed by atoms with Gasteiger partial charge < -0.3 is 10.2 Å². The fourth-order valence-electron chi connectivity index (χ4n) is 3.24. The Morgan fingerprint density at radius 3 is 2.75 bits per heavy atom. The molecule has 0 radical (unpaired) electrons. The number of carbonyl (C=O) groups excluding carboxylic acids is 1. The standard InChI is InChI=1S/C19H20N4O/c1-14-12-20-10-11-22(14)19(24)15-6-8-16(9-7-15)23-13-21-17-4-2-3-5-18(17)23/h2-9,13-14,20H,10-12H2,1H3/t14-/m0/s1. The van der Waals surface area contributed by atoms with Gasteiger partial charge in [0, 0.05) is 36.9 Å². The second kappa shape index (κ2) is 6.09. The van der Waals surface area contributed by atoms with E-state index in [4.69, 9.17) is 0 Å². The van der Waals surface area contributed by atoms with E-state index in [1.807, 2.05) is 64.3 Å². The summed E-state index contributed by atoms with van der Waals surface area (Å²) in [4.78, 5) is 19.1. The van der Waals surface area contributed by atoms with Gasteiger partial charge in [0.25, 0.3) is 5.91 Å². The predicted octanol–water partition coefficient (Wildman–Crippen LogP) is 2.46. The summed E-state index contributed by atoms with van der Waals surface area (Å²) in [6.07, 6.45) is 1.82. The zero-order valence-electron chi connectivity index (χ0n) is 13.6. The molecular weight excluding hydrogens is 300 g/mol. The molecule has 5 nitrogen and oxygen atoms in total. The van der Waals surface area contributed by atoms with Gasteiger partial charge in [-0.15, -0.1) is 0 Å². The van der Waals surface area contributed by atoms with Crippen LogP contribution in [0, 0.1) is 0 Å². The number of fused-ring (bicyclic) bond motifs is 1. The third-order valence-electron chi connectivity index (χ3n) is 4.61. The van der Waals surface area contributed by atoms with E-state index in [9.17, 15) is 4.79 Å². The molecule has 0 spiro atoms. The number of nitrogens with one attached hydrogen (secondary N) is 1. The Kier molecular flexibility index (Phi) is 3.78. The average Bonchev–Trinajstić information content (AvgIpc) is 3.06. The molecule has 0 aliphatic carbocycles. The molecule has 4 rings (SSSR count). The highest BCUT2D eigenvalue weighted by Crippen LogP contribution is 2.19. The van der Waals surface area contributed by atoms with E-state index in [1.165, 1.54) is 0 Å². The quantitative estimate of drug-likeness (QED) is 0.789. The van der Waals surface area contributed by atoms with Gasteiger partial charge in [0.15, 0.2) is 0 Å². The summed E-state index contributed by atoms with van der Waals surface area (Å²) in [6.45, 7) is 4.55. The molecule has 0 saturated carbocycles. The Bertz CT molecular complexity index is 868. The minimum Gasteiger partial charge on any atom is -0.333 e. The van der Waals surface area contributed by atoms with Crippen LogP contribution in [0.15, 0.2) is 54.9 Å². The highest BCUT2D eigenvalue weighted by Gasteiger charge is 2.23. The lowest BCUT2D eigenvalue weighted by atomic mass is 10.1. The number of rotatable bonds is 2. The molecule has 5 heteroatoms. The van der Waals surface area contributed by atoms with Gasteiger partial charge in [0.2, 0.25) is 0 Å². The van der Waals surface area contributed by atoms with Crippen molar-refractivity contribution in [3.63, 3.8) is 0 Å². The lowest BCUT2D eigenvalue weighted by Gasteiger charge is -2.34. The van der Waals surface area contributed by atoms with Crippen molar-refractivity contribution in [2.45, 2.75) is 13.0 Å². The Labute approximate surface area is 140 Å². The highest BCUT2D eigenvalue weighted by molar-refractivity contribution is 5.94. The first-order chi connectivity index (χ1) is 11.7. The minimum absolute atomic E-state index is 0.103. The third-order valence-corrected chi connectivity index (χ3v) is 4.61. The van der Waals surface area contributed by atoms with Crippen LogP contribution in [0.25, 0.3) is 16.7 Å². The number of piperazine rings is 1. The number of hydrogen-bond donors (Lipinski definition) is 1. The molecule has 122 valence electrons. The molecule has 1 aliphatic rings. The Morgan fingerprint density at radius 1 is 1.17 bits per heavy atom. The Hall–Kier alpha value is -2.66. The summed E-state index contributed by atoms with van der Waals surface area (Å²) in [5.41, 5.74) is 3.77. The van der Waals surface area contributed by atoms with E-state index >= 15 is 0 Å². The van der Waals surface area contributed by atoms with Crippen LogP contribution in [0.1, 0.15) is 17.3 Å². The summed E-state index contributed by atoms with van der Waals surface area (Å²) in [5, 5.41) is 3.31. The molecule has 1 saturated heterocycles. The fraction of sp³-hybridized carbons (Fsp3) is 0.263. The number of para-hydroxylation sites is 2. The zero-order chi connectivity index (χ0) is 16.5. The first-order valence-electron chi connectivity index (χ1n) is 8.28. The molecule has 24 heavy (non-hydrogen) atoms. The number of hydrogen-bond acceptors (Lipinski definition) is 3. The second-order valence-corrected chi connectivity index (χ2v) is 6.20. The maximum absolute atomic E-state index is 12.7. The lowest BCUT2D eigenvalue weighted by molar-refractivity contribution is 0.0656. The van der Waals surface area contributed by atoms with Crippen molar-refractivity contribution in [2.24, 2.45) is 0 Å². The van der Waals surface area contributed by atoms with Gasteiger partial charge in [-0.25, -0.2) is 4.98 Å². The molecule has 3 aromatic rings. The molecule has 0 unspecified atom stereocenters.